The number of benzene rings is 1. The Morgan fingerprint density at radius 3 is 2.86 bits per heavy atom. The van der Waals surface area contributed by atoms with Gasteiger partial charge >= 0.3 is 0 Å². The molecule has 0 atom stereocenters. The molecule has 2 aromatic rings. The van der Waals surface area contributed by atoms with Gasteiger partial charge in [-0.2, -0.15) is 0 Å². The van der Waals surface area contributed by atoms with Crippen molar-refractivity contribution in [1.29, 1.82) is 0 Å². The predicted octanol–water partition coefficient (Wildman–Crippen LogP) is 4.02. The van der Waals surface area contributed by atoms with Crippen LogP contribution in [-0.4, -0.2) is 17.4 Å². The lowest BCUT2D eigenvalue weighted by molar-refractivity contribution is -0.123. The van der Waals surface area contributed by atoms with E-state index in [-0.39, 0.29) is 11.3 Å². The first-order valence-electron chi connectivity index (χ1n) is 7.58. The van der Waals surface area contributed by atoms with Gasteiger partial charge in [0.05, 0.1) is 5.41 Å². The van der Waals surface area contributed by atoms with E-state index in [4.69, 9.17) is 11.6 Å². The van der Waals surface area contributed by atoms with Gasteiger partial charge in [-0.1, -0.05) is 25.4 Å². The number of aromatic amines is 1. The summed E-state index contributed by atoms with van der Waals surface area (Å²) in [5.74, 6) is 0.761. The average molecular weight is 305 g/mol. The van der Waals surface area contributed by atoms with Gasteiger partial charge in [0.2, 0.25) is 5.91 Å². The summed E-state index contributed by atoms with van der Waals surface area (Å²) >= 11 is 6.10. The van der Waals surface area contributed by atoms with Gasteiger partial charge in [-0.15, -0.1) is 0 Å². The van der Waals surface area contributed by atoms with Crippen LogP contribution in [-0.2, 0) is 10.2 Å². The molecule has 1 aromatic heterocycles. The van der Waals surface area contributed by atoms with Crippen LogP contribution in [0.1, 0.15) is 38.7 Å². The summed E-state index contributed by atoms with van der Waals surface area (Å²) in [5, 5.41) is 4.87. The van der Waals surface area contributed by atoms with E-state index in [9.17, 15) is 4.79 Å². The van der Waals surface area contributed by atoms with Crippen LogP contribution in [0.15, 0.2) is 24.4 Å². The van der Waals surface area contributed by atoms with E-state index in [2.05, 4.69) is 24.1 Å². The Kier molecular flexibility index (Phi) is 3.70. The smallest absolute Gasteiger partial charge is 0.230 e. The second kappa shape index (κ2) is 5.38. The number of hydrogen-bond donors (Lipinski definition) is 2. The van der Waals surface area contributed by atoms with Crippen molar-refractivity contribution in [2.45, 2.75) is 38.5 Å². The molecule has 1 aromatic carbocycles. The summed E-state index contributed by atoms with van der Waals surface area (Å²) in [6, 6.07) is 5.78. The topological polar surface area (TPSA) is 44.9 Å². The summed E-state index contributed by atoms with van der Waals surface area (Å²) in [6.45, 7) is 5.09. The Morgan fingerprint density at radius 1 is 1.43 bits per heavy atom. The second-order valence-corrected chi connectivity index (χ2v) is 6.85. The Bertz CT molecular complexity index is 670. The van der Waals surface area contributed by atoms with E-state index < -0.39 is 0 Å². The Balaban J connectivity index is 1.84. The van der Waals surface area contributed by atoms with Crippen LogP contribution in [0.3, 0.4) is 0 Å². The van der Waals surface area contributed by atoms with Gasteiger partial charge < -0.3 is 10.3 Å². The summed E-state index contributed by atoms with van der Waals surface area (Å²) < 4.78 is 0. The lowest BCUT2D eigenvalue weighted by Gasteiger charge is -2.15. The van der Waals surface area contributed by atoms with Crippen LogP contribution in [0.5, 0.6) is 0 Å². The minimum absolute atomic E-state index is 0.157. The summed E-state index contributed by atoms with van der Waals surface area (Å²) in [4.78, 5) is 15.8. The molecule has 1 amide bonds. The average Bonchev–Trinajstić information content (AvgIpc) is 3.13. The zero-order chi connectivity index (χ0) is 15.0. The normalized spacial score (nSPS) is 16.4. The van der Waals surface area contributed by atoms with Crippen LogP contribution in [0.25, 0.3) is 10.9 Å². The zero-order valence-corrected chi connectivity index (χ0v) is 13.3. The van der Waals surface area contributed by atoms with Gasteiger partial charge in [-0.3, -0.25) is 4.79 Å². The van der Waals surface area contributed by atoms with Gasteiger partial charge in [0, 0.05) is 28.7 Å². The molecule has 1 heterocycles. The number of aromatic nitrogens is 1. The maximum atomic E-state index is 12.6. The van der Waals surface area contributed by atoms with Crippen LogP contribution in [0, 0.1) is 5.92 Å². The van der Waals surface area contributed by atoms with Crippen molar-refractivity contribution in [3.63, 3.8) is 0 Å². The highest BCUT2D eigenvalue weighted by atomic mass is 35.5. The number of nitrogens with one attached hydrogen (secondary N) is 2. The van der Waals surface area contributed by atoms with Gasteiger partial charge in [0.1, 0.15) is 0 Å². The summed E-state index contributed by atoms with van der Waals surface area (Å²) in [7, 11) is 0. The largest absolute Gasteiger partial charge is 0.361 e. The summed E-state index contributed by atoms with van der Waals surface area (Å²) in [6.07, 6.45) is 4.82. The quantitative estimate of drug-likeness (QED) is 0.861. The van der Waals surface area contributed by atoms with E-state index >= 15 is 0 Å². The van der Waals surface area contributed by atoms with Crippen LogP contribution >= 0.6 is 11.6 Å². The molecule has 0 aliphatic heterocycles. The molecule has 0 radical (unpaired) electrons. The number of H-pyrrole nitrogens is 1. The molecular formula is C17H21ClN2O. The van der Waals surface area contributed by atoms with Crippen molar-refractivity contribution >= 4 is 28.4 Å². The Hall–Kier alpha value is -1.48. The molecule has 4 heteroatoms. The van der Waals surface area contributed by atoms with Crippen molar-refractivity contribution in [3.8, 4) is 0 Å². The zero-order valence-electron chi connectivity index (χ0n) is 12.5. The Labute approximate surface area is 130 Å². The predicted molar refractivity (Wildman–Crippen MR) is 86.7 cm³/mol. The van der Waals surface area contributed by atoms with Gasteiger partial charge in [0.15, 0.2) is 0 Å². The third-order valence-electron chi connectivity index (χ3n) is 4.35. The van der Waals surface area contributed by atoms with Crippen molar-refractivity contribution in [1.82, 2.24) is 10.3 Å². The molecule has 0 bridgehead atoms. The van der Waals surface area contributed by atoms with Crippen molar-refractivity contribution < 1.29 is 4.79 Å². The lowest BCUT2D eigenvalue weighted by Crippen LogP contribution is -2.35. The van der Waals surface area contributed by atoms with Gasteiger partial charge in [-0.25, -0.2) is 0 Å². The molecule has 0 saturated heterocycles. The monoisotopic (exact) mass is 304 g/mol. The van der Waals surface area contributed by atoms with Crippen molar-refractivity contribution in [2.24, 2.45) is 5.92 Å². The first-order chi connectivity index (χ1) is 10.0. The summed E-state index contributed by atoms with van der Waals surface area (Å²) in [5.41, 5.74) is 1.78. The fourth-order valence-electron chi connectivity index (χ4n) is 2.88. The highest BCUT2D eigenvalue weighted by molar-refractivity contribution is 6.31. The molecule has 2 N–H and O–H groups in total. The van der Waals surface area contributed by atoms with E-state index in [0.717, 1.165) is 42.3 Å². The first kappa shape index (κ1) is 14.5. The van der Waals surface area contributed by atoms with E-state index in [1.54, 1.807) is 0 Å². The minimum Gasteiger partial charge on any atom is -0.361 e. The van der Waals surface area contributed by atoms with E-state index in [0.29, 0.717) is 10.9 Å². The molecule has 3 rings (SSSR count). The highest BCUT2D eigenvalue weighted by Gasteiger charge is 2.52. The molecule has 0 unspecified atom stereocenters. The highest BCUT2D eigenvalue weighted by Crippen LogP contribution is 2.50. The fourth-order valence-corrected chi connectivity index (χ4v) is 3.05. The maximum absolute atomic E-state index is 12.6. The molecule has 1 aliphatic rings. The van der Waals surface area contributed by atoms with E-state index in [1.807, 2.05) is 24.4 Å². The number of fused-ring (bicyclic) bond motifs is 1. The van der Waals surface area contributed by atoms with Crippen molar-refractivity contribution in [3.05, 3.63) is 35.0 Å². The van der Waals surface area contributed by atoms with Gasteiger partial charge in [-0.05, 0) is 48.9 Å². The standard InChI is InChI=1S/C17H21ClN2O/c1-11(2)5-8-19-16(21)17(6-7-17)14-10-20-15-4-3-12(18)9-13(14)15/h3-4,9-11,20H,5-8H2,1-2H3,(H,19,21). The molecular weight excluding hydrogens is 284 g/mol. The third kappa shape index (κ3) is 2.67. The number of halogens is 1. The van der Waals surface area contributed by atoms with E-state index in [1.165, 1.54) is 0 Å². The maximum Gasteiger partial charge on any atom is 0.230 e. The van der Waals surface area contributed by atoms with Crippen molar-refractivity contribution in [2.75, 3.05) is 6.54 Å². The number of carbonyl (C=O) groups excluding carboxylic acids is 1. The first-order valence-corrected chi connectivity index (χ1v) is 7.96. The minimum atomic E-state index is -0.347. The van der Waals surface area contributed by atoms with Crippen LogP contribution in [0.4, 0.5) is 0 Å². The fraction of sp³-hybridized carbons (Fsp3) is 0.471. The van der Waals surface area contributed by atoms with Crippen LogP contribution in [0.2, 0.25) is 5.02 Å². The molecule has 0 spiro atoms. The number of carbonyl (C=O) groups is 1. The number of amides is 1. The third-order valence-corrected chi connectivity index (χ3v) is 4.59. The molecule has 1 fully saturated rings. The molecule has 3 nitrogen and oxygen atoms in total. The lowest BCUT2D eigenvalue weighted by atomic mass is 9.94. The molecule has 1 saturated carbocycles. The SMILES string of the molecule is CC(C)CCNC(=O)C1(c2c[nH]c3ccc(Cl)cc23)CC1. The number of hydrogen-bond acceptors (Lipinski definition) is 1. The van der Waals surface area contributed by atoms with Crippen LogP contribution < -0.4 is 5.32 Å². The Morgan fingerprint density at radius 2 is 2.19 bits per heavy atom. The molecule has 1 aliphatic carbocycles. The second-order valence-electron chi connectivity index (χ2n) is 6.41. The molecule has 112 valence electrons. The number of rotatable bonds is 5. The van der Waals surface area contributed by atoms with Gasteiger partial charge in [0.25, 0.3) is 0 Å². The molecule has 21 heavy (non-hydrogen) atoms.